The molecule has 3 N–H and O–H groups in total. The van der Waals surface area contributed by atoms with Crippen molar-refractivity contribution in [2.24, 2.45) is 0 Å². The second-order valence-electron chi connectivity index (χ2n) is 4.46. The Labute approximate surface area is 89.8 Å². The third-order valence-electron chi connectivity index (χ3n) is 3.12. The minimum Gasteiger partial charge on any atom is -0.508 e. The monoisotopic (exact) mass is 207 g/mol. The van der Waals surface area contributed by atoms with Gasteiger partial charge in [0.05, 0.1) is 6.10 Å². The van der Waals surface area contributed by atoms with E-state index in [0.29, 0.717) is 6.42 Å². The Morgan fingerprint density at radius 3 is 2.93 bits per heavy atom. The molecule has 3 nitrogen and oxygen atoms in total. The predicted molar refractivity (Wildman–Crippen MR) is 58.7 cm³/mol. The molecule has 1 aromatic carbocycles. The maximum atomic E-state index is 9.67. The van der Waals surface area contributed by atoms with E-state index >= 15 is 0 Å². The molecular weight excluding hydrogens is 190 g/mol. The molecule has 15 heavy (non-hydrogen) atoms. The number of hydrogen-bond donors (Lipinski definition) is 3. The molecule has 0 spiro atoms. The molecule has 2 unspecified atom stereocenters. The van der Waals surface area contributed by atoms with Gasteiger partial charge < -0.3 is 15.5 Å². The molecule has 1 saturated heterocycles. The van der Waals surface area contributed by atoms with Gasteiger partial charge in [-0.2, -0.15) is 0 Å². The summed E-state index contributed by atoms with van der Waals surface area (Å²) in [4.78, 5) is 0. The summed E-state index contributed by atoms with van der Waals surface area (Å²) in [7, 11) is 0. The summed E-state index contributed by atoms with van der Waals surface area (Å²) in [5.41, 5.74) is 0.803. The van der Waals surface area contributed by atoms with Gasteiger partial charge in [-0.25, -0.2) is 0 Å². The van der Waals surface area contributed by atoms with Crippen molar-refractivity contribution < 1.29 is 10.2 Å². The Balaban J connectivity index is 2.28. The Morgan fingerprint density at radius 1 is 1.47 bits per heavy atom. The van der Waals surface area contributed by atoms with E-state index in [0.717, 1.165) is 18.5 Å². The summed E-state index contributed by atoms with van der Waals surface area (Å²) in [6.45, 7) is 2.87. The van der Waals surface area contributed by atoms with Gasteiger partial charge >= 0.3 is 0 Å². The maximum absolute atomic E-state index is 9.67. The summed E-state index contributed by atoms with van der Waals surface area (Å²) < 4.78 is 0. The zero-order chi connectivity index (χ0) is 10.9. The summed E-state index contributed by atoms with van der Waals surface area (Å²) in [5, 5.41) is 22.5. The first kappa shape index (κ1) is 10.5. The van der Waals surface area contributed by atoms with E-state index in [1.165, 1.54) is 0 Å². The third kappa shape index (κ3) is 2.13. The number of benzene rings is 1. The number of hydrogen-bond acceptors (Lipinski definition) is 3. The molecule has 0 amide bonds. The lowest BCUT2D eigenvalue weighted by Gasteiger charge is -2.38. The SMILES string of the molecule is CC1(c2cccc(O)c2)CC(O)CCN1. The second-order valence-corrected chi connectivity index (χ2v) is 4.46. The molecule has 1 aromatic rings. The predicted octanol–water partition coefficient (Wildman–Crippen LogP) is 1.35. The molecular formula is C12H17NO2. The van der Waals surface area contributed by atoms with E-state index < -0.39 is 0 Å². The standard InChI is InChI=1S/C12H17NO2/c1-12(8-11(15)5-6-13-12)9-3-2-4-10(14)7-9/h2-4,7,11,13-15H,5-6,8H2,1H3. The zero-order valence-electron chi connectivity index (χ0n) is 8.90. The molecule has 2 rings (SSSR count). The number of phenolic OH excluding ortho intramolecular Hbond substituents is 1. The highest BCUT2D eigenvalue weighted by atomic mass is 16.3. The van der Waals surface area contributed by atoms with E-state index in [2.05, 4.69) is 12.2 Å². The van der Waals surface area contributed by atoms with Crippen LogP contribution in [-0.4, -0.2) is 22.9 Å². The highest BCUT2D eigenvalue weighted by Gasteiger charge is 2.32. The Hall–Kier alpha value is -1.06. The van der Waals surface area contributed by atoms with Crippen LogP contribution in [0.25, 0.3) is 0 Å². The van der Waals surface area contributed by atoms with Crippen LogP contribution in [0, 0.1) is 0 Å². The van der Waals surface area contributed by atoms with Crippen molar-refractivity contribution in [3.63, 3.8) is 0 Å². The van der Waals surface area contributed by atoms with Crippen molar-refractivity contribution in [2.45, 2.75) is 31.4 Å². The number of piperidine rings is 1. The summed E-state index contributed by atoms with van der Waals surface area (Å²) in [6, 6.07) is 7.22. The van der Waals surface area contributed by atoms with Crippen molar-refractivity contribution >= 4 is 0 Å². The first-order chi connectivity index (χ1) is 7.10. The topological polar surface area (TPSA) is 52.5 Å². The molecule has 1 fully saturated rings. The van der Waals surface area contributed by atoms with E-state index in [4.69, 9.17) is 0 Å². The minimum absolute atomic E-state index is 0.226. The van der Waals surface area contributed by atoms with Crippen molar-refractivity contribution in [1.29, 1.82) is 0 Å². The van der Waals surface area contributed by atoms with Crippen LogP contribution >= 0.6 is 0 Å². The van der Waals surface area contributed by atoms with Crippen LogP contribution in [0.2, 0.25) is 0 Å². The number of nitrogens with one attached hydrogen (secondary N) is 1. The fourth-order valence-electron chi connectivity index (χ4n) is 2.23. The highest BCUT2D eigenvalue weighted by molar-refractivity contribution is 5.32. The van der Waals surface area contributed by atoms with Crippen LogP contribution in [0.4, 0.5) is 0 Å². The number of rotatable bonds is 1. The largest absolute Gasteiger partial charge is 0.508 e. The van der Waals surface area contributed by atoms with Crippen molar-refractivity contribution in [2.75, 3.05) is 6.54 Å². The molecule has 1 aliphatic rings. The molecule has 1 heterocycles. The van der Waals surface area contributed by atoms with Crippen LogP contribution < -0.4 is 5.32 Å². The summed E-state index contributed by atoms with van der Waals surface area (Å²) in [6.07, 6.45) is 1.24. The van der Waals surface area contributed by atoms with Gasteiger partial charge in [-0.15, -0.1) is 0 Å². The van der Waals surface area contributed by atoms with E-state index in [1.807, 2.05) is 12.1 Å². The number of aliphatic hydroxyl groups is 1. The van der Waals surface area contributed by atoms with Crippen LogP contribution in [0.3, 0.4) is 0 Å². The van der Waals surface area contributed by atoms with Crippen LogP contribution in [0.1, 0.15) is 25.3 Å². The van der Waals surface area contributed by atoms with Crippen molar-refractivity contribution in [3.8, 4) is 5.75 Å². The Kier molecular flexibility index (Phi) is 2.67. The first-order valence-electron chi connectivity index (χ1n) is 5.33. The second kappa shape index (κ2) is 3.83. The fraction of sp³-hybridized carbons (Fsp3) is 0.500. The van der Waals surface area contributed by atoms with Gasteiger partial charge in [-0.3, -0.25) is 0 Å². The molecule has 0 aromatic heterocycles. The van der Waals surface area contributed by atoms with E-state index in [1.54, 1.807) is 12.1 Å². The van der Waals surface area contributed by atoms with Gasteiger partial charge in [0.2, 0.25) is 0 Å². The lowest BCUT2D eigenvalue weighted by Crippen LogP contribution is -2.47. The minimum atomic E-state index is -0.251. The molecule has 1 aliphatic heterocycles. The normalized spacial score (nSPS) is 31.5. The van der Waals surface area contributed by atoms with Crippen LogP contribution in [0.5, 0.6) is 5.75 Å². The molecule has 0 radical (unpaired) electrons. The van der Waals surface area contributed by atoms with Gasteiger partial charge in [-0.1, -0.05) is 12.1 Å². The molecule has 0 aliphatic carbocycles. The van der Waals surface area contributed by atoms with Gasteiger partial charge in [0.25, 0.3) is 0 Å². The van der Waals surface area contributed by atoms with Gasteiger partial charge in [0.15, 0.2) is 0 Å². The van der Waals surface area contributed by atoms with Crippen LogP contribution in [-0.2, 0) is 5.54 Å². The number of phenols is 1. The van der Waals surface area contributed by atoms with Gasteiger partial charge in [0, 0.05) is 5.54 Å². The summed E-state index contributed by atoms with van der Waals surface area (Å²) in [5.74, 6) is 0.274. The average Bonchev–Trinajstić information content (AvgIpc) is 2.17. The van der Waals surface area contributed by atoms with Gasteiger partial charge in [-0.05, 0) is 44.0 Å². The third-order valence-corrected chi connectivity index (χ3v) is 3.12. The molecule has 3 heteroatoms. The molecule has 82 valence electrons. The zero-order valence-corrected chi connectivity index (χ0v) is 8.90. The quantitative estimate of drug-likeness (QED) is 0.651. The van der Waals surface area contributed by atoms with Gasteiger partial charge in [0.1, 0.15) is 5.75 Å². The Bertz CT molecular complexity index is 353. The average molecular weight is 207 g/mol. The van der Waals surface area contributed by atoms with E-state index in [9.17, 15) is 10.2 Å². The molecule has 0 saturated carbocycles. The number of aliphatic hydroxyl groups excluding tert-OH is 1. The van der Waals surface area contributed by atoms with Crippen LogP contribution in [0.15, 0.2) is 24.3 Å². The maximum Gasteiger partial charge on any atom is 0.115 e. The molecule has 2 atom stereocenters. The lowest BCUT2D eigenvalue weighted by molar-refractivity contribution is 0.0834. The highest BCUT2D eigenvalue weighted by Crippen LogP contribution is 2.31. The molecule has 0 bridgehead atoms. The van der Waals surface area contributed by atoms with Crippen molar-refractivity contribution in [3.05, 3.63) is 29.8 Å². The summed E-state index contributed by atoms with van der Waals surface area (Å²) >= 11 is 0. The number of aromatic hydroxyl groups is 1. The van der Waals surface area contributed by atoms with Crippen molar-refractivity contribution in [1.82, 2.24) is 5.32 Å². The first-order valence-corrected chi connectivity index (χ1v) is 5.33. The smallest absolute Gasteiger partial charge is 0.115 e. The Morgan fingerprint density at radius 2 is 2.27 bits per heavy atom. The van der Waals surface area contributed by atoms with E-state index in [-0.39, 0.29) is 17.4 Å². The lowest BCUT2D eigenvalue weighted by atomic mass is 9.83. The fourth-order valence-corrected chi connectivity index (χ4v) is 2.23.